The number of hydrogen-bond donors (Lipinski definition) is 2. The summed E-state index contributed by atoms with van der Waals surface area (Å²) in [5.41, 5.74) is 0.607. The minimum atomic E-state index is -0.757. The van der Waals surface area contributed by atoms with Crippen LogP contribution in [0.3, 0.4) is 0 Å². The number of carbonyl (C=O) groups is 1. The summed E-state index contributed by atoms with van der Waals surface area (Å²) in [6.45, 7) is 9.41. The van der Waals surface area contributed by atoms with Gasteiger partial charge in [-0.05, 0) is 45.2 Å². The van der Waals surface area contributed by atoms with Gasteiger partial charge in [-0.1, -0.05) is 32.0 Å². The van der Waals surface area contributed by atoms with Crippen LogP contribution in [-0.4, -0.2) is 28.9 Å². The fourth-order valence-corrected chi connectivity index (χ4v) is 1.24. The summed E-state index contributed by atoms with van der Waals surface area (Å²) in [6, 6.07) is 7.95. The van der Waals surface area contributed by atoms with Crippen LogP contribution in [0.1, 0.15) is 46.6 Å². The Kier molecular flexibility index (Phi) is 8.70. The van der Waals surface area contributed by atoms with Gasteiger partial charge in [-0.3, -0.25) is 4.79 Å². The van der Waals surface area contributed by atoms with Crippen molar-refractivity contribution in [1.29, 1.82) is 0 Å². The highest BCUT2D eigenvalue weighted by Crippen LogP contribution is 2.18. The van der Waals surface area contributed by atoms with Crippen LogP contribution in [0.4, 0.5) is 0 Å². The maximum Gasteiger partial charge on any atom is 0.308 e. The fourth-order valence-electron chi connectivity index (χ4n) is 1.24. The largest absolute Gasteiger partial charge is 0.491 e. The molecule has 120 valence electrons. The van der Waals surface area contributed by atoms with Crippen molar-refractivity contribution in [3.63, 3.8) is 0 Å². The molecule has 1 aromatic rings. The number of para-hydroxylation sites is 1. The van der Waals surface area contributed by atoms with Crippen molar-refractivity contribution in [2.24, 2.45) is 5.41 Å². The molecule has 0 saturated heterocycles. The third kappa shape index (κ3) is 8.35. The lowest BCUT2D eigenvalue weighted by Gasteiger charge is -2.12. The summed E-state index contributed by atoms with van der Waals surface area (Å²) < 4.78 is 5.53. The molecular weight excluding hydrogens is 268 g/mol. The highest BCUT2D eigenvalue weighted by Gasteiger charge is 2.18. The fraction of sp³-hybridized carbons (Fsp3) is 0.588. The molecule has 0 aliphatic carbocycles. The zero-order chi connectivity index (χ0) is 16.5. The van der Waals surface area contributed by atoms with Crippen molar-refractivity contribution in [2.75, 3.05) is 6.61 Å². The average molecular weight is 296 g/mol. The molecule has 0 spiro atoms. The normalized spacial score (nSPS) is 12.1. The molecule has 0 saturated carbocycles. The van der Waals surface area contributed by atoms with Crippen molar-refractivity contribution in [3.05, 3.63) is 29.8 Å². The third-order valence-electron chi connectivity index (χ3n) is 2.90. The van der Waals surface area contributed by atoms with Crippen molar-refractivity contribution in [3.8, 4) is 5.75 Å². The van der Waals surface area contributed by atoms with Crippen LogP contribution >= 0.6 is 0 Å². The summed E-state index contributed by atoms with van der Waals surface area (Å²) in [5.74, 6) is 0.134. The van der Waals surface area contributed by atoms with Gasteiger partial charge >= 0.3 is 5.97 Å². The highest BCUT2D eigenvalue weighted by molar-refractivity contribution is 5.72. The van der Waals surface area contributed by atoms with E-state index >= 15 is 0 Å². The number of aliphatic hydroxyl groups is 1. The van der Waals surface area contributed by atoms with Gasteiger partial charge in [0.15, 0.2) is 0 Å². The summed E-state index contributed by atoms with van der Waals surface area (Å²) in [4.78, 5) is 10.0. The molecule has 1 atom stereocenters. The molecule has 0 heterocycles. The lowest BCUT2D eigenvalue weighted by atomic mass is 9.98. The van der Waals surface area contributed by atoms with Crippen molar-refractivity contribution < 1.29 is 19.7 Å². The zero-order valence-corrected chi connectivity index (χ0v) is 13.7. The molecule has 0 fully saturated rings. The van der Waals surface area contributed by atoms with Crippen LogP contribution in [0.2, 0.25) is 0 Å². The number of ether oxygens (including phenoxy) is 1. The lowest BCUT2D eigenvalue weighted by molar-refractivity contribution is -0.145. The number of aliphatic carboxylic acids is 1. The molecular formula is C17H28O4. The zero-order valence-electron chi connectivity index (χ0n) is 13.7. The van der Waals surface area contributed by atoms with Crippen LogP contribution in [-0.2, 0) is 11.2 Å². The highest BCUT2D eigenvalue weighted by atomic mass is 16.5. The Balaban J connectivity index is 0.000000486. The van der Waals surface area contributed by atoms with Crippen LogP contribution in [0.5, 0.6) is 5.75 Å². The maximum atomic E-state index is 10.0. The molecule has 0 radical (unpaired) electrons. The number of aryl methyl sites for hydroxylation is 1. The molecule has 1 aromatic carbocycles. The first-order chi connectivity index (χ1) is 9.72. The Morgan fingerprint density at radius 1 is 1.24 bits per heavy atom. The maximum absolute atomic E-state index is 10.0. The first-order valence-corrected chi connectivity index (χ1v) is 7.34. The number of benzene rings is 1. The van der Waals surface area contributed by atoms with Crippen LogP contribution in [0.15, 0.2) is 24.3 Å². The monoisotopic (exact) mass is 296 g/mol. The van der Waals surface area contributed by atoms with Crippen LogP contribution in [0.25, 0.3) is 0 Å². The molecule has 4 nitrogen and oxygen atoms in total. The third-order valence-corrected chi connectivity index (χ3v) is 2.90. The standard InChI is InChI=1S/C12H18O2.C5H10O2/c1-3-10-7-5-6-8-12(10)14-9-11(13)4-2;1-5(2,3)4(6)7/h5-8,11,13H,3-4,9H2,1-2H3;1-3H3,(H,6,7). The van der Waals surface area contributed by atoms with Gasteiger partial charge in [0.2, 0.25) is 0 Å². The molecule has 0 aromatic heterocycles. The van der Waals surface area contributed by atoms with E-state index in [-0.39, 0.29) is 6.10 Å². The topological polar surface area (TPSA) is 66.8 Å². The lowest BCUT2D eigenvalue weighted by Crippen LogP contribution is -2.18. The minimum Gasteiger partial charge on any atom is -0.491 e. The molecule has 0 aliphatic heterocycles. The number of carboxylic acid groups (broad SMARTS) is 1. The summed E-state index contributed by atoms with van der Waals surface area (Å²) in [7, 11) is 0. The first kappa shape index (κ1) is 19.4. The molecule has 0 amide bonds. The minimum absolute atomic E-state index is 0.361. The van der Waals surface area contributed by atoms with E-state index in [0.29, 0.717) is 6.61 Å². The average Bonchev–Trinajstić information content (AvgIpc) is 2.44. The second-order valence-corrected chi connectivity index (χ2v) is 5.89. The van der Waals surface area contributed by atoms with Crippen LogP contribution < -0.4 is 4.74 Å². The molecule has 2 N–H and O–H groups in total. The molecule has 0 bridgehead atoms. The van der Waals surface area contributed by atoms with E-state index in [0.717, 1.165) is 18.6 Å². The number of rotatable bonds is 5. The van der Waals surface area contributed by atoms with E-state index in [2.05, 4.69) is 6.92 Å². The predicted molar refractivity (Wildman–Crippen MR) is 84.7 cm³/mol. The van der Waals surface area contributed by atoms with Gasteiger partial charge in [0, 0.05) is 0 Å². The molecule has 21 heavy (non-hydrogen) atoms. The Morgan fingerprint density at radius 2 is 1.76 bits per heavy atom. The second-order valence-electron chi connectivity index (χ2n) is 5.89. The Hall–Kier alpha value is -1.55. The van der Waals surface area contributed by atoms with Gasteiger partial charge in [0.1, 0.15) is 12.4 Å². The van der Waals surface area contributed by atoms with Crippen LogP contribution in [0, 0.1) is 5.41 Å². The molecule has 0 aliphatic rings. The van der Waals surface area contributed by atoms with E-state index in [4.69, 9.17) is 9.84 Å². The van der Waals surface area contributed by atoms with Gasteiger partial charge < -0.3 is 14.9 Å². The summed E-state index contributed by atoms with van der Waals surface area (Å²) in [5, 5.41) is 17.6. The van der Waals surface area contributed by atoms with Gasteiger partial charge in [-0.25, -0.2) is 0 Å². The van der Waals surface area contributed by atoms with E-state index in [1.54, 1.807) is 20.8 Å². The SMILES string of the molecule is CC(C)(C)C(=O)O.CCc1ccccc1OCC(O)CC. The molecule has 1 unspecified atom stereocenters. The Labute approximate surface area is 127 Å². The van der Waals surface area contributed by atoms with Crippen molar-refractivity contribution in [1.82, 2.24) is 0 Å². The van der Waals surface area contributed by atoms with E-state index in [1.165, 1.54) is 5.56 Å². The second kappa shape index (κ2) is 9.40. The smallest absolute Gasteiger partial charge is 0.308 e. The Bertz CT molecular complexity index is 421. The molecule has 1 rings (SSSR count). The van der Waals surface area contributed by atoms with E-state index in [9.17, 15) is 9.90 Å². The quantitative estimate of drug-likeness (QED) is 0.872. The van der Waals surface area contributed by atoms with Gasteiger partial charge in [0.05, 0.1) is 11.5 Å². The van der Waals surface area contributed by atoms with Gasteiger partial charge in [-0.2, -0.15) is 0 Å². The number of hydrogen-bond acceptors (Lipinski definition) is 3. The number of carboxylic acids is 1. The van der Waals surface area contributed by atoms with E-state index < -0.39 is 11.4 Å². The van der Waals surface area contributed by atoms with E-state index in [1.807, 2.05) is 31.2 Å². The Morgan fingerprint density at radius 3 is 2.19 bits per heavy atom. The molecule has 4 heteroatoms. The first-order valence-electron chi connectivity index (χ1n) is 7.34. The van der Waals surface area contributed by atoms with Crippen molar-refractivity contribution >= 4 is 5.97 Å². The van der Waals surface area contributed by atoms with Gasteiger partial charge in [-0.15, -0.1) is 0 Å². The van der Waals surface area contributed by atoms with Crippen molar-refractivity contribution in [2.45, 2.75) is 53.6 Å². The number of aliphatic hydroxyl groups excluding tert-OH is 1. The predicted octanol–water partition coefficient (Wildman–Crippen LogP) is 3.52. The van der Waals surface area contributed by atoms with Gasteiger partial charge in [0.25, 0.3) is 0 Å². The summed E-state index contributed by atoms with van der Waals surface area (Å²) in [6.07, 6.45) is 1.33. The summed E-state index contributed by atoms with van der Waals surface area (Å²) >= 11 is 0.